The van der Waals surface area contributed by atoms with Gasteiger partial charge in [-0.25, -0.2) is 0 Å². The molecule has 0 spiro atoms. The number of allylic oxidation sites excluding steroid dienone is 3. The van der Waals surface area contributed by atoms with Crippen molar-refractivity contribution in [2.45, 2.75) is 33.6 Å². The SMILES string of the molecule is CC(=O)OCC1=CC=C[C@@]2(C)Cc3occ(C)c3C[C@@H]12. The van der Waals surface area contributed by atoms with Gasteiger partial charge < -0.3 is 9.15 Å². The highest BCUT2D eigenvalue weighted by Crippen LogP contribution is 2.47. The predicted molar refractivity (Wildman–Crippen MR) is 76.3 cm³/mol. The maximum Gasteiger partial charge on any atom is 0.302 e. The van der Waals surface area contributed by atoms with Crippen molar-refractivity contribution in [2.24, 2.45) is 11.3 Å². The maximum atomic E-state index is 11.1. The number of carbonyl (C=O) groups is 1. The van der Waals surface area contributed by atoms with Gasteiger partial charge in [0, 0.05) is 13.3 Å². The number of fused-ring (bicyclic) bond motifs is 2. The number of ether oxygens (including phenoxy) is 1. The number of esters is 1. The number of carbonyl (C=O) groups excluding carboxylic acids is 1. The molecule has 1 aromatic rings. The molecule has 0 saturated heterocycles. The van der Waals surface area contributed by atoms with E-state index in [1.807, 2.05) is 6.26 Å². The Morgan fingerprint density at radius 2 is 2.35 bits per heavy atom. The molecular formula is C17H20O3. The van der Waals surface area contributed by atoms with Gasteiger partial charge in [0.25, 0.3) is 0 Å². The third kappa shape index (κ3) is 2.11. The van der Waals surface area contributed by atoms with Crippen molar-refractivity contribution in [3.63, 3.8) is 0 Å². The maximum absolute atomic E-state index is 11.1. The molecule has 1 heterocycles. The largest absolute Gasteiger partial charge is 0.469 e. The van der Waals surface area contributed by atoms with Crippen molar-refractivity contribution < 1.29 is 13.9 Å². The van der Waals surface area contributed by atoms with Crippen LogP contribution >= 0.6 is 0 Å². The number of aryl methyl sites for hydroxylation is 1. The van der Waals surface area contributed by atoms with Crippen LogP contribution in [0.3, 0.4) is 0 Å². The monoisotopic (exact) mass is 272 g/mol. The molecule has 2 atom stereocenters. The van der Waals surface area contributed by atoms with Crippen molar-refractivity contribution in [2.75, 3.05) is 6.61 Å². The molecule has 0 aromatic carbocycles. The fourth-order valence-electron chi connectivity index (χ4n) is 3.42. The van der Waals surface area contributed by atoms with E-state index < -0.39 is 0 Å². The Balaban J connectivity index is 1.91. The van der Waals surface area contributed by atoms with E-state index in [9.17, 15) is 4.79 Å². The molecule has 0 amide bonds. The van der Waals surface area contributed by atoms with E-state index in [-0.39, 0.29) is 11.4 Å². The number of hydrogen-bond donors (Lipinski definition) is 0. The van der Waals surface area contributed by atoms with Gasteiger partial charge in [0.1, 0.15) is 12.4 Å². The first-order valence-corrected chi connectivity index (χ1v) is 7.07. The van der Waals surface area contributed by atoms with Crippen LogP contribution in [0.2, 0.25) is 0 Å². The van der Waals surface area contributed by atoms with Crippen molar-refractivity contribution in [3.8, 4) is 0 Å². The van der Waals surface area contributed by atoms with Gasteiger partial charge in [-0.2, -0.15) is 0 Å². The molecule has 2 aliphatic carbocycles. The topological polar surface area (TPSA) is 39.4 Å². The zero-order valence-electron chi connectivity index (χ0n) is 12.2. The van der Waals surface area contributed by atoms with Crippen molar-refractivity contribution >= 4 is 5.97 Å². The van der Waals surface area contributed by atoms with Crippen molar-refractivity contribution in [1.82, 2.24) is 0 Å². The average Bonchev–Trinajstić information content (AvgIpc) is 2.73. The molecule has 3 nitrogen and oxygen atoms in total. The quantitative estimate of drug-likeness (QED) is 0.775. The van der Waals surface area contributed by atoms with E-state index >= 15 is 0 Å². The Kier molecular flexibility index (Phi) is 3.08. The minimum absolute atomic E-state index is 0.0571. The molecule has 2 aliphatic rings. The van der Waals surface area contributed by atoms with Crippen molar-refractivity contribution in [1.29, 1.82) is 0 Å². The molecule has 0 saturated carbocycles. The summed E-state index contributed by atoms with van der Waals surface area (Å²) in [6.45, 7) is 6.21. The molecule has 3 rings (SSSR count). The fourth-order valence-corrected chi connectivity index (χ4v) is 3.42. The zero-order chi connectivity index (χ0) is 14.3. The Bertz CT molecular complexity index is 606. The third-order valence-electron chi connectivity index (χ3n) is 4.61. The van der Waals surface area contributed by atoms with E-state index in [1.165, 1.54) is 23.6 Å². The molecule has 20 heavy (non-hydrogen) atoms. The average molecular weight is 272 g/mol. The summed E-state index contributed by atoms with van der Waals surface area (Å²) in [4.78, 5) is 11.1. The molecule has 0 radical (unpaired) electrons. The second-order valence-electron chi connectivity index (χ2n) is 6.14. The van der Waals surface area contributed by atoms with Gasteiger partial charge >= 0.3 is 5.97 Å². The smallest absolute Gasteiger partial charge is 0.302 e. The van der Waals surface area contributed by atoms with Crippen LogP contribution in [-0.4, -0.2) is 12.6 Å². The van der Waals surface area contributed by atoms with Crippen LogP contribution in [0.4, 0.5) is 0 Å². The van der Waals surface area contributed by atoms with Gasteiger partial charge in [0.2, 0.25) is 0 Å². The van der Waals surface area contributed by atoms with Crippen LogP contribution in [0, 0.1) is 18.3 Å². The number of hydrogen-bond acceptors (Lipinski definition) is 3. The minimum atomic E-state index is -0.224. The second kappa shape index (κ2) is 4.65. The zero-order valence-corrected chi connectivity index (χ0v) is 12.2. The highest BCUT2D eigenvalue weighted by molar-refractivity contribution is 5.66. The van der Waals surface area contributed by atoms with E-state index in [4.69, 9.17) is 9.15 Å². The van der Waals surface area contributed by atoms with Gasteiger partial charge in [-0.3, -0.25) is 4.79 Å². The Morgan fingerprint density at radius 1 is 1.55 bits per heavy atom. The lowest BCUT2D eigenvalue weighted by molar-refractivity contribution is -0.140. The van der Waals surface area contributed by atoms with Crippen LogP contribution < -0.4 is 0 Å². The minimum Gasteiger partial charge on any atom is -0.469 e. The fraction of sp³-hybridized carbons (Fsp3) is 0.471. The first-order valence-electron chi connectivity index (χ1n) is 7.07. The van der Waals surface area contributed by atoms with E-state index in [0.717, 1.165) is 18.6 Å². The lowest BCUT2D eigenvalue weighted by atomic mass is 9.62. The van der Waals surface area contributed by atoms with Crippen LogP contribution in [0.15, 0.2) is 34.5 Å². The van der Waals surface area contributed by atoms with Gasteiger partial charge in [0.15, 0.2) is 0 Å². The summed E-state index contributed by atoms with van der Waals surface area (Å²) < 4.78 is 10.9. The molecule has 0 fully saturated rings. The normalized spacial score (nSPS) is 27.6. The molecule has 106 valence electrons. The molecule has 3 heteroatoms. The molecule has 0 unspecified atom stereocenters. The Morgan fingerprint density at radius 3 is 3.10 bits per heavy atom. The summed E-state index contributed by atoms with van der Waals surface area (Å²) in [7, 11) is 0. The predicted octanol–water partition coefficient (Wildman–Crippen LogP) is 3.37. The van der Waals surface area contributed by atoms with Gasteiger partial charge in [-0.05, 0) is 41.4 Å². The molecule has 0 aliphatic heterocycles. The summed E-state index contributed by atoms with van der Waals surface area (Å²) in [6.07, 6.45) is 10.2. The molecule has 0 N–H and O–H groups in total. The van der Waals surface area contributed by atoms with E-state index in [2.05, 4.69) is 32.1 Å². The first-order chi connectivity index (χ1) is 9.49. The lowest BCUT2D eigenvalue weighted by Gasteiger charge is -2.41. The van der Waals surface area contributed by atoms with Crippen LogP contribution in [-0.2, 0) is 22.4 Å². The van der Waals surface area contributed by atoms with Crippen LogP contribution in [0.5, 0.6) is 0 Å². The highest BCUT2D eigenvalue weighted by atomic mass is 16.5. The van der Waals surface area contributed by atoms with Crippen molar-refractivity contribution in [3.05, 3.63) is 47.0 Å². The summed E-state index contributed by atoms with van der Waals surface area (Å²) >= 11 is 0. The Labute approximate surface area is 119 Å². The van der Waals surface area contributed by atoms with E-state index in [1.54, 1.807) is 0 Å². The summed E-state index contributed by atoms with van der Waals surface area (Å²) in [5.74, 6) is 1.27. The standard InChI is InChI=1S/C17H20O3/c1-11-9-20-16-8-17(3)6-4-5-13(10-19-12(2)18)15(17)7-14(11)16/h4-6,9,15H,7-8,10H2,1-3H3/t15-,17-/m0/s1. The molecular weight excluding hydrogens is 252 g/mol. The highest BCUT2D eigenvalue weighted by Gasteiger charge is 2.42. The summed E-state index contributed by atoms with van der Waals surface area (Å²) in [5, 5.41) is 0. The second-order valence-corrected chi connectivity index (χ2v) is 6.14. The third-order valence-corrected chi connectivity index (χ3v) is 4.61. The van der Waals surface area contributed by atoms with E-state index in [0.29, 0.717) is 12.5 Å². The van der Waals surface area contributed by atoms with Gasteiger partial charge in [-0.15, -0.1) is 0 Å². The van der Waals surface area contributed by atoms with Gasteiger partial charge in [-0.1, -0.05) is 25.2 Å². The van der Waals surface area contributed by atoms with Crippen LogP contribution in [0.25, 0.3) is 0 Å². The first kappa shape index (κ1) is 13.2. The number of furan rings is 1. The lowest BCUT2D eigenvalue weighted by Crippen LogP contribution is -2.37. The van der Waals surface area contributed by atoms with Gasteiger partial charge in [0.05, 0.1) is 6.26 Å². The number of rotatable bonds is 2. The van der Waals surface area contributed by atoms with Crippen LogP contribution in [0.1, 0.15) is 30.7 Å². The summed E-state index contributed by atoms with van der Waals surface area (Å²) in [6, 6.07) is 0. The molecule has 1 aromatic heterocycles. The summed E-state index contributed by atoms with van der Waals surface area (Å²) in [5.41, 5.74) is 3.82. The Hall–Kier alpha value is -1.77. The molecule has 0 bridgehead atoms.